The smallest absolute Gasteiger partial charge is 0.306 e. The fourth-order valence-corrected chi connectivity index (χ4v) is 3.83. The maximum Gasteiger partial charge on any atom is 0.306 e. The highest BCUT2D eigenvalue weighted by molar-refractivity contribution is 7.80. The monoisotopic (exact) mass is 469 g/mol. The molecule has 1 aliphatic rings. The first kappa shape index (κ1) is 22.3. The lowest BCUT2D eigenvalue weighted by Crippen LogP contribution is -2.44. The maximum absolute atomic E-state index is 11.1. The zero-order valence-corrected chi connectivity index (χ0v) is 18.7. The summed E-state index contributed by atoms with van der Waals surface area (Å²) in [7, 11) is 1.71. The molecule has 0 aliphatic carbocycles. The first-order valence-corrected chi connectivity index (χ1v) is 10.4. The third-order valence-electron chi connectivity index (χ3n) is 5.01. The van der Waals surface area contributed by atoms with Crippen LogP contribution in [0.5, 0.6) is 5.75 Å². The van der Waals surface area contributed by atoms with Crippen molar-refractivity contribution in [3.8, 4) is 17.0 Å². The number of hydrazone groups is 1. The Labute approximate surface area is 189 Å². The highest BCUT2D eigenvalue weighted by Gasteiger charge is 2.26. The van der Waals surface area contributed by atoms with Gasteiger partial charge in [0, 0.05) is 25.7 Å². The predicted octanol–water partition coefficient (Wildman–Crippen LogP) is 3.49. The number of nitrogens with one attached hydrogen (secondary N) is 1. The Morgan fingerprint density at radius 2 is 1.97 bits per heavy atom. The molecular weight excluding hydrogens is 449 g/mol. The Balaban J connectivity index is 1.73. The van der Waals surface area contributed by atoms with Gasteiger partial charge in [0.2, 0.25) is 0 Å². The normalized spacial score (nSPS) is 15.3. The summed E-state index contributed by atoms with van der Waals surface area (Å²) in [4.78, 5) is 12.9. The molecule has 0 atom stereocenters. The largest absolute Gasteiger partial charge is 0.504 e. The Kier molecular flexibility index (Phi) is 6.84. The fourth-order valence-electron chi connectivity index (χ4n) is 3.31. The van der Waals surface area contributed by atoms with E-state index in [1.165, 1.54) is 4.68 Å². The average molecular weight is 470 g/mol. The second-order valence-corrected chi connectivity index (χ2v) is 8.21. The number of piperidine rings is 1. The van der Waals surface area contributed by atoms with E-state index in [1.807, 2.05) is 4.90 Å². The molecular formula is C19H21Cl2N5O3S. The highest BCUT2D eigenvalue weighted by atomic mass is 35.5. The van der Waals surface area contributed by atoms with Crippen LogP contribution in [0.1, 0.15) is 25.5 Å². The summed E-state index contributed by atoms with van der Waals surface area (Å²) in [5, 5.41) is 29.6. The molecule has 8 nitrogen and oxygen atoms in total. The molecule has 1 fully saturated rings. The Morgan fingerprint density at radius 1 is 1.30 bits per heavy atom. The first-order chi connectivity index (χ1) is 14.2. The molecule has 1 aliphatic heterocycles. The van der Waals surface area contributed by atoms with Crippen molar-refractivity contribution in [1.82, 2.24) is 20.1 Å². The van der Waals surface area contributed by atoms with E-state index in [-0.39, 0.29) is 11.7 Å². The number of likely N-dealkylation sites (tertiary alicyclic amines) is 1. The van der Waals surface area contributed by atoms with Crippen LogP contribution >= 0.6 is 35.4 Å². The molecule has 11 heteroatoms. The van der Waals surface area contributed by atoms with E-state index in [9.17, 15) is 9.90 Å². The van der Waals surface area contributed by atoms with Gasteiger partial charge in [0.15, 0.2) is 16.6 Å². The molecule has 0 radical (unpaired) electrons. The number of aryl methyl sites for hydroxylation is 1. The number of aromatic nitrogens is 2. The third kappa shape index (κ3) is 4.69. The van der Waals surface area contributed by atoms with Gasteiger partial charge in [-0.1, -0.05) is 29.3 Å². The average Bonchev–Trinajstić information content (AvgIpc) is 3.02. The minimum atomic E-state index is -0.772. The lowest BCUT2D eigenvalue weighted by atomic mass is 9.97. The maximum atomic E-state index is 11.1. The summed E-state index contributed by atoms with van der Waals surface area (Å²) in [5.41, 5.74) is 4.70. The van der Waals surface area contributed by atoms with Crippen molar-refractivity contribution in [3.63, 3.8) is 0 Å². The molecule has 3 rings (SSSR count). The number of hydrogen-bond acceptors (Lipinski definition) is 5. The molecule has 2 aromatic rings. The molecule has 0 saturated carbocycles. The van der Waals surface area contributed by atoms with Crippen LogP contribution in [0.15, 0.2) is 23.3 Å². The van der Waals surface area contributed by atoms with E-state index in [1.54, 1.807) is 32.2 Å². The number of carboxylic acids is 1. The molecule has 160 valence electrons. The van der Waals surface area contributed by atoms with Crippen molar-refractivity contribution in [2.45, 2.75) is 19.8 Å². The highest BCUT2D eigenvalue weighted by Crippen LogP contribution is 2.35. The van der Waals surface area contributed by atoms with Crippen molar-refractivity contribution >= 4 is 52.2 Å². The van der Waals surface area contributed by atoms with Gasteiger partial charge in [-0.15, -0.1) is 0 Å². The van der Waals surface area contributed by atoms with Crippen LogP contribution in [0, 0.1) is 5.92 Å². The van der Waals surface area contributed by atoms with Crippen molar-refractivity contribution in [2.75, 3.05) is 13.1 Å². The summed E-state index contributed by atoms with van der Waals surface area (Å²) in [6, 6.07) is 5.06. The summed E-state index contributed by atoms with van der Waals surface area (Å²) in [5.74, 6) is -1.14. The molecule has 1 aromatic heterocycles. The van der Waals surface area contributed by atoms with Gasteiger partial charge in [0.1, 0.15) is 5.69 Å². The molecule has 3 N–H and O–H groups in total. The van der Waals surface area contributed by atoms with Crippen molar-refractivity contribution in [3.05, 3.63) is 33.9 Å². The van der Waals surface area contributed by atoms with E-state index in [2.05, 4.69) is 15.6 Å². The molecule has 1 saturated heterocycles. The molecule has 0 unspecified atom stereocenters. The summed E-state index contributed by atoms with van der Waals surface area (Å²) < 4.78 is 1.54. The number of aliphatic carboxylic acids is 1. The molecule has 0 bridgehead atoms. The Morgan fingerprint density at radius 3 is 2.57 bits per heavy atom. The van der Waals surface area contributed by atoms with Crippen LogP contribution < -0.4 is 5.43 Å². The van der Waals surface area contributed by atoms with Gasteiger partial charge in [-0.05, 0) is 44.1 Å². The van der Waals surface area contributed by atoms with Crippen LogP contribution in [0.4, 0.5) is 0 Å². The number of aromatic hydroxyl groups is 1. The molecule has 0 spiro atoms. The van der Waals surface area contributed by atoms with Gasteiger partial charge in [-0.25, -0.2) is 0 Å². The number of carbonyl (C=O) groups is 1. The van der Waals surface area contributed by atoms with Gasteiger partial charge in [0.05, 0.1) is 21.7 Å². The van der Waals surface area contributed by atoms with Crippen molar-refractivity contribution < 1.29 is 15.0 Å². The van der Waals surface area contributed by atoms with E-state index in [0.29, 0.717) is 63.8 Å². The van der Waals surface area contributed by atoms with Crippen LogP contribution in [0.25, 0.3) is 11.3 Å². The minimum absolute atomic E-state index is 0.0351. The second-order valence-electron chi connectivity index (χ2n) is 7.01. The fraction of sp³-hybridized carbons (Fsp3) is 0.368. The number of thiocarbonyl (C=S) groups is 1. The van der Waals surface area contributed by atoms with E-state index in [4.69, 9.17) is 40.5 Å². The summed E-state index contributed by atoms with van der Waals surface area (Å²) in [6.45, 7) is 2.80. The van der Waals surface area contributed by atoms with Crippen LogP contribution in [-0.4, -0.2) is 54.8 Å². The first-order valence-electron chi connectivity index (χ1n) is 9.22. The Bertz CT molecular complexity index is 1020. The number of halogens is 2. The number of rotatable bonds is 4. The zero-order chi connectivity index (χ0) is 22.0. The van der Waals surface area contributed by atoms with Crippen molar-refractivity contribution in [1.29, 1.82) is 0 Å². The predicted molar refractivity (Wildman–Crippen MR) is 120 cm³/mol. The van der Waals surface area contributed by atoms with Crippen LogP contribution in [0.3, 0.4) is 0 Å². The van der Waals surface area contributed by atoms with E-state index < -0.39 is 5.97 Å². The third-order valence-corrected chi connectivity index (χ3v) is 6.10. The quantitative estimate of drug-likeness (QED) is 0.357. The molecule has 1 aromatic carbocycles. The molecule has 30 heavy (non-hydrogen) atoms. The van der Waals surface area contributed by atoms with Crippen molar-refractivity contribution in [2.24, 2.45) is 18.1 Å². The van der Waals surface area contributed by atoms with Gasteiger partial charge in [0.25, 0.3) is 0 Å². The van der Waals surface area contributed by atoms with Gasteiger partial charge < -0.3 is 15.1 Å². The SMILES string of the molecule is CC(=NNC(=S)N1CCC(C(=O)O)CC1)c1nn(C)c(-c2ccc(Cl)c(Cl)c2)c1O. The lowest BCUT2D eigenvalue weighted by molar-refractivity contribution is -0.143. The number of hydrogen-bond donors (Lipinski definition) is 3. The lowest BCUT2D eigenvalue weighted by Gasteiger charge is -2.31. The van der Waals surface area contributed by atoms with Gasteiger partial charge in [-0.3, -0.25) is 14.9 Å². The van der Waals surface area contributed by atoms with Gasteiger partial charge >= 0.3 is 5.97 Å². The summed E-state index contributed by atoms with van der Waals surface area (Å²) >= 11 is 17.4. The minimum Gasteiger partial charge on any atom is -0.504 e. The standard InChI is InChI=1S/C19H21Cl2N5O3S/c1-10(22-23-19(30)26-7-5-11(6-8-26)18(28)29)15-17(27)16(25(2)24-15)12-3-4-13(20)14(21)9-12/h3-4,9,11,27H,5-8H2,1-2H3,(H,23,30)(H,28,29). The Hall–Kier alpha value is -2.36. The zero-order valence-electron chi connectivity index (χ0n) is 16.4. The molecule has 0 amide bonds. The number of nitrogens with zero attached hydrogens (tertiary/aromatic N) is 4. The summed E-state index contributed by atoms with van der Waals surface area (Å²) in [6.07, 6.45) is 1.07. The number of benzene rings is 1. The van der Waals surface area contributed by atoms with Gasteiger partial charge in [-0.2, -0.15) is 10.2 Å². The number of carboxylic acid groups (broad SMARTS) is 1. The molecule has 2 heterocycles. The van der Waals surface area contributed by atoms with E-state index in [0.717, 1.165) is 0 Å². The van der Waals surface area contributed by atoms with Crippen LogP contribution in [-0.2, 0) is 11.8 Å². The topological polar surface area (TPSA) is 103 Å². The van der Waals surface area contributed by atoms with E-state index >= 15 is 0 Å². The van der Waals surface area contributed by atoms with Crippen LogP contribution in [0.2, 0.25) is 10.0 Å². The second kappa shape index (κ2) is 9.20.